The van der Waals surface area contributed by atoms with Crippen molar-refractivity contribution in [2.24, 2.45) is 11.8 Å². The van der Waals surface area contributed by atoms with Crippen molar-refractivity contribution in [1.82, 2.24) is 10.2 Å². The third kappa shape index (κ3) is 4.81. The largest absolute Gasteiger partial charge is 0.381 e. The van der Waals surface area contributed by atoms with Gasteiger partial charge in [-0.25, -0.2) is 0 Å². The fourth-order valence-corrected chi connectivity index (χ4v) is 2.38. The molecule has 0 aromatic rings. The van der Waals surface area contributed by atoms with Crippen LogP contribution in [0.15, 0.2) is 0 Å². The molecule has 1 N–H and O–H groups in total. The highest BCUT2D eigenvalue weighted by molar-refractivity contribution is 4.75. The zero-order valence-electron chi connectivity index (χ0n) is 10.6. The second-order valence-corrected chi connectivity index (χ2v) is 5.49. The molecule has 3 nitrogen and oxygen atoms in total. The number of likely N-dealkylation sites (N-methyl/N-ethyl adjacent to an activating group) is 1. The minimum Gasteiger partial charge on any atom is -0.381 e. The average molecular weight is 226 g/mol. The number of nitrogens with one attached hydrogen (secondary N) is 1. The lowest BCUT2D eigenvalue weighted by Gasteiger charge is -2.27. The van der Waals surface area contributed by atoms with Crippen LogP contribution in [-0.4, -0.2) is 51.3 Å². The molecule has 1 aliphatic heterocycles. The molecule has 1 atom stereocenters. The van der Waals surface area contributed by atoms with Gasteiger partial charge < -0.3 is 15.0 Å². The Bertz CT molecular complexity index is 188. The summed E-state index contributed by atoms with van der Waals surface area (Å²) in [7, 11) is 2.23. The number of nitrogens with zero attached hydrogens (tertiary/aromatic N) is 1. The summed E-state index contributed by atoms with van der Waals surface area (Å²) in [5.41, 5.74) is 0. The molecule has 1 heterocycles. The maximum absolute atomic E-state index is 5.51. The lowest BCUT2D eigenvalue weighted by Crippen LogP contribution is -2.35. The topological polar surface area (TPSA) is 24.5 Å². The summed E-state index contributed by atoms with van der Waals surface area (Å²) in [5.74, 6) is 1.76. The highest BCUT2D eigenvalue weighted by Gasteiger charge is 2.20. The Morgan fingerprint density at radius 1 is 1.25 bits per heavy atom. The summed E-state index contributed by atoms with van der Waals surface area (Å²) in [6.45, 7) is 6.69. The molecule has 1 aliphatic carbocycles. The van der Waals surface area contributed by atoms with Crippen LogP contribution in [0, 0.1) is 11.8 Å². The Balaban J connectivity index is 1.47. The van der Waals surface area contributed by atoms with E-state index < -0.39 is 0 Å². The van der Waals surface area contributed by atoms with E-state index in [4.69, 9.17) is 4.74 Å². The fourth-order valence-electron chi connectivity index (χ4n) is 2.38. The summed E-state index contributed by atoms with van der Waals surface area (Å²) in [6.07, 6.45) is 5.49. The van der Waals surface area contributed by atoms with Gasteiger partial charge in [-0.3, -0.25) is 0 Å². The molecule has 0 radical (unpaired) electrons. The molecule has 1 unspecified atom stereocenters. The van der Waals surface area contributed by atoms with Gasteiger partial charge in [0.1, 0.15) is 0 Å². The second-order valence-electron chi connectivity index (χ2n) is 5.49. The van der Waals surface area contributed by atoms with E-state index in [-0.39, 0.29) is 0 Å². The van der Waals surface area contributed by atoms with Crippen molar-refractivity contribution in [2.45, 2.75) is 25.7 Å². The molecule has 2 rings (SSSR count). The van der Waals surface area contributed by atoms with E-state index in [1.54, 1.807) is 0 Å². The van der Waals surface area contributed by atoms with E-state index >= 15 is 0 Å². The first-order chi connectivity index (χ1) is 7.84. The molecule has 3 heteroatoms. The van der Waals surface area contributed by atoms with Crippen molar-refractivity contribution in [3.05, 3.63) is 0 Å². The first kappa shape index (κ1) is 12.3. The summed E-state index contributed by atoms with van der Waals surface area (Å²) in [5, 5.41) is 3.54. The van der Waals surface area contributed by atoms with Crippen LogP contribution in [0.3, 0.4) is 0 Å². The molecule has 2 aliphatic rings. The van der Waals surface area contributed by atoms with Crippen LogP contribution in [0.5, 0.6) is 0 Å². The molecule has 1 saturated carbocycles. The van der Waals surface area contributed by atoms with Crippen molar-refractivity contribution in [3.8, 4) is 0 Å². The first-order valence-electron chi connectivity index (χ1n) is 6.81. The third-order valence-corrected chi connectivity index (χ3v) is 3.62. The van der Waals surface area contributed by atoms with E-state index in [1.807, 2.05) is 0 Å². The first-order valence-corrected chi connectivity index (χ1v) is 6.81. The Morgan fingerprint density at radius 2 is 2.12 bits per heavy atom. The summed E-state index contributed by atoms with van der Waals surface area (Å²) >= 11 is 0. The average Bonchev–Trinajstić information content (AvgIpc) is 3.10. The minimum absolute atomic E-state index is 0.766. The van der Waals surface area contributed by atoms with Crippen molar-refractivity contribution in [3.63, 3.8) is 0 Å². The van der Waals surface area contributed by atoms with Gasteiger partial charge in [-0.05, 0) is 51.1 Å². The summed E-state index contributed by atoms with van der Waals surface area (Å²) < 4.78 is 5.51. The smallest absolute Gasteiger partial charge is 0.0506 e. The van der Waals surface area contributed by atoms with Crippen molar-refractivity contribution < 1.29 is 4.74 Å². The molecule has 2 fully saturated rings. The van der Waals surface area contributed by atoms with E-state index in [1.165, 1.54) is 45.3 Å². The fraction of sp³-hybridized carbons (Fsp3) is 1.00. The highest BCUT2D eigenvalue weighted by Crippen LogP contribution is 2.27. The summed E-state index contributed by atoms with van der Waals surface area (Å²) in [6, 6.07) is 0. The second kappa shape index (κ2) is 6.58. The molecule has 1 saturated heterocycles. The zero-order valence-corrected chi connectivity index (χ0v) is 10.6. The standard InChI is InChI=1S/C13H26N2O/c1-15(7-6-14-9-12-4-5-12)10-13-3-2-8-16-11-13/h12-14H,2-11H2,1H3. The van der Waals surface area contributed by atoms with Crippen LogP contribution in [0.4, 0.5) is 0 Å². The SMILES string of the molecule is CN(CCNCC1CC1)CC1CCCOC1. The van der Waals surface area contributed by atoms with Crippen LogP contribution >= 0.6 is 0 Å². The van der Waals surface area contributed by atoms with Gasteiger partial charge >= 0.3 is 0 Å². The van der Waals surface area contributed by atoms with Crippen LogP contribution in [0.1, 0.15) is 25.7 Å². The minimum atomic E-state index is 0.766. The predicted molar refractivity (Wildman–Crippen MR) is 66.6 cm³/mol. The van der Waals surface area contributed by atoms with Crippen LogP contribution < -0.4 is 5.32 Å². The molecule has 0 amide bonds. The van der Waals surface area contributed by atoms with Gasteiger partial charge in [-0.15, -0.1) is 0 Å². The molecule has 16 heavy (non-hydrogen) atoms. The molecular formula is C13H26N2O. The van der Waals surface area contributed by atoms with E-state index in [0.717, 1.165) is 31.6 Å². The van der Waals surface area contributed by atoms with E-state index in [2.05, 4.69) is 17.3 Å². The van der Waals surface area contributed by atoms with Crippen molar-refractivity contribution in [1.29, 1.82) is 0 Å². The number of hydrogen-bond acceptors (Lipinski definition) is 3. The number of ether oxygens (including phenoxy) is 1. The van der Waals surface area contributed by atoms with Gasteiger partial charge in [-0.2, -0.15) is 0 Å². The normalized spacial score (nSPS) is 26.2. The lowest BCUT2D eigenvalue weighted by molar-refractivity contribution is 0.0422. The molecule has 0 bridgehead atoms. The van der Waals surface area contributed by atoms with E-state index in [0.29, 0.717) is 0 Å². The van der Waals surface area contributed by atoms with Gasteiger partial charge in [-0.1, -0.05) is 0 Å². The number of hydrogen-bond donors (Lipinski definition) is 1. The highest BCUT2D eigenvalue weighted by atomic mass is 16.5. The van der Waals surface area contributed by atoms with Gasteiger partial charge in [0.25, 0.3) is 0 Å². The van der Waals surface area contributed by atoms with Crippen LogP contribution in [0.25, 0.3) is 0 Å². The van der Waals surface area contributed by atoms with E-state index in [9.17, 15) is 0 Å². The molecule has 0 aromatic carbocycles. The van der Waals surface area contributed by atoms with Gasteiger partial charge in [0, 0.05) is 26.2 Å². The van der Waals surface area contributed by atoms with Crippen LogP contribution in [-0.2, 0) is 4.74 Å². The third-order valence-electron chi connectivity index (χ3n) is 3.62. The monoisotopic (exact) mass is 226 g/mol. The predicted octanol–water partition coefficient (Wildman–Crippen LogP) is 1.34. The zero-order chi connectivity index (χ0) is 11.2. The molecule has 0 aromatic heterocycles. The molecular weight excluding hydrogens is 200 g/mol. The Kier molecular flexibility index (Phi) is 5.07. The Labute approximate surface area is 99.5 Å². The van der Waals surface area contributed by atoms with Crippen LogP contribution in [0.2, 0.25) is 0 Å². The maximum Gasteiger partial charge on any atom is 0.0506 e. The molecule has 94 valence electrons. The summed E-state index contributed by atoms with van der Waals surface area (Å²) in [4.78, 5) is 2.44. The lowest BCUT2D eigenvalue weighted by atomic mass is 10.0. The Hall–Kier alpha value is -0.120. The van der Waals surface area contributed by atoms with Gasteiger partial charge in [0.2, 0.25) is 0 Å². The molecule has 0 spiro atoms. The number of rotatable bonds is 7. The van der Waals surface area contributed by atoms with Gasteiger partial charge in [0.15, 0.2) is 0 Å². The van der Waals surface area contributed by atoms with Crippen molar-refractivity contribution in [2.75, 3.05) is 46.4 Å². The van der Waals surface area contributed by atoms with Gasteiger partial charge in [0.05, 0.1) is 6.61 Å². The van der Waals surface area contributed by atoms with Crippen molar-refractivity contribution >= 4 is 0 Å². The maximum atomic E-state index is 5.51. The Morgan fingerprint density at radius 3 is 2.81 bits per heavy atom. The quantitative estimate of drug-likeness (QED) is 0.663.